The summed E-state index contributed by atoms with van der Waals surface area (Å²) in [5.41, 5.74) is 0.787. The largest absolute Gasteiger partial charge is 0.369 e. The molecule has 1 rings (SSSR count). The number of hydrogen-bond donors (Lipinski definition) is 0. The molecule has 0 radical (unpaired) electrons. The summed E-state index contributed by atoms with van der Waals surface area (Å²) in [5.74, 6) is -0.207. The summed E-state index contributed by atoms with van der Waals surface area (Å²) in [6.07, 6.45) is -0.733. The standard InChI is InChI=1S/C11H11NO2/c1-14-11(10(13)7-8-12)9-5-3-2-4-6-9/h2-6,11H,7H2,1H3. The lowest BCUT2D eigenvalue weighted by Gasteiger charge is -2.12. The summed E-state index contributed by atoms with van der Waals surface area (Å²) in [6, 6.07) is 11.0. The van der Waals surface area contributed by atoms with Crippen molar-refractivity contribution in [3.05, 3.63) is 35.9 Å². The second-order valence-corrected chi connectivity index (χ2v) is 2.83. The highest BCUT2D eigenvalue weighted by Crippen LogP contribution is 2.18. The molecule has 0 N–H and O–H groups in total. The number of ether oxygens (including phenoxy) is 1. The molecule has 0 saturated heterocycles. The number of Topliss-reactive ketones (excluding diaryl/α,β-unsaturated/α-hetero) is 1. The predicted octanol–water partition coefficient (Wildman–Crippen LogP) is 1.86. The zero-order chi connectivity index (χ0) is 10.4. The lowest BCUT2D eigenvalue weighted by molar-refractivity contribution is -0.128. The van der Waals surface area contributed by atoms with Crippen LogP contribution in [0.15, 0.2) is 30.3 Å². The lowest BCUT2D eigenvalue weighted by atomic mass is 10.0. The van der Waals surface area contributed by atoms with Gasteiger partial charge in [-0.05, 0) is 5.56 Å². The molecule has 0 fully saturated rings. The van der Waals surface area contributed by atoms with E-state index in [2.05, 4.69) is 0 Å². The number of carbonyl (C=O) groups is 1. The van der Waals surface area contributed by atoms with E-state index >= 15 is 0 Å². The molecule has 3 nitrogen and oxygen atoms in total. The maximum Gasteiger partial charge on any atom is 0.180 e. The zero-order valence-electron chi connectivity index (χ0n) is 7.93. The van der Waals surface area contributed by atoms with Crippen LogP contribution in [0.3, 0.4) is 0 Å². The molecule has 0 spiro atoms. The molecule has 0 bridgehead atoms. The number of carbonyl (C=O) groups excluding carboxylic acids is 1. The Kier molecular flexibility index (Phi) is 3.84. The number of nitrogens with zero attached hydrogens (tertiary/aromatic N) is 1. The molecule has 0 amide bonds. The minimum absolute atomic E-state index is 0.118. The summed E-state index contributed by atoms with van der Waals surface area (Å²) in [4.78, 5) is 11.4. The molecular weight excluding hydrogens is 178 g/mol. The van der Waals surface area contributed by atoms with Crippen molar-refractivity contribution in [1.29, 1.82) is 5.26 Å². The first kappa shape index (κ1) is 10.4. The van der Waals surface area contributed by atoms with E-state index in [0.717, 1.165) is 5.56 Å². The van der Waals surface area contributed by atoms with Gasteiger partial charge in [-0.2, -0.15) is 5.26 Å². The number of benzene rings is 1. The Morgan fingerprint density at radius 1 is 1.50 bits per heavy atom. The van der Waals surface area contributed by atoms with Crippen molar-refractivity contribution in [3.8, 4) is 6.07 Å². The first-order chi connectivity index (χ1) is 6.79. The third-order valence-corrected chi connectivity index (χ3v) is 1.88. The molecule has 0 aliphatic heterocycles. The van der Waals surface area contributed by atoms with Gasteiger partial charge in [0.1, 0.15) is 6.10 Å². The molecule has 1 aromatic carbocycles. The fourth-order valence-corrected chi connectivity index (χ4v) is 1.25. The topological polar surface area (TPSA) is 50.1 Å². The van der Waals surface area contributed by atoms with Crippen LogP contribution in [0.4, 0.5) is 0 Å². The highest BCUT2D eigenvalue weighted by atomic mass is 16.5. The van der Waals surface area contributed by atoms with Crippen molar-refractivity contribution in [2.45, 2.75) is 12.5 Å². The molecule has 1 unspecified atom stereocenters. The average Bonchev–Trinajstić information content (AvgIpc) is 2.21. The fraction of sp³-hybridized carbons (Fsp3) is 0.273. The molecule has 0 aromatic heterocycles. The van der Waals surface area contributed by atoms with E-state index < -0.39 is 6.10 Å². The van der Waals surface area contributed by atoms with Gasteiger partial charge in [0.15, 0.2) is 5.78 Å². The van der Waals surface area contributed by atoms with Crippen LogP contribution in [-0.4, -0.2) is 12.9 Å². The summed E-state index contributed by atoms with van der Waals surface area (Å²) in [5, 5.41) is 8.40. The van der Waals surface area contributed by atoms with Gasteiger partial charge in [0, 0.05) is 7.11 Å². The van der Waals surface area contributed by atoms with Crippen LogP contribution in [0.2, 0.25) is 0 Å². The first-order valence-electron chi connectivity index (χ1n) is 4.27. The van der Waals surface area contributed by atoms with Crippen LogP contribution in [0.1, 0.15) is 18.1 Å². The van der Waals surface area contributed by atoms with Crippen molar-refractivity contribution in [2.24, 2.45) is 0 Å². The lowest BCUT2D eigenvalue weighted by Crippen LogP contribution is -2.13. The summed E-state index contributed by atoms with van der Waals surface area (Å²) < 4.78 is 5.05. The van der Waals surface area contributed by atoms with Gasteiger partial charge >= 0.3 is 0 Å². The van der Waals surface area contributed by atoms with Crippen LogP contribution in [0.5, 0.6) is 0 Å². The molecule has 1 atom stereocenters. The Balaban J connectivity index is 2.83. The van der Waals surface area contributed by atoms with E-state index in [1.165, 1.54) is 7.11 Å². The van der Waals surface area contributed by atoms with Crippen molar-refractivity contribution >= 4 is 5.78 Å². The van der Waals surface area contributed by atoms with Crippen LogP contribution in [0.25, 0.3) is 0 Å². The van der Waals surface area contributed by atoms with Crippen molar-refractivity contribution in [3.63, 3.8) is 0 Å². The minimum Gasteiger partial charge on any atom is -0.369 e. The molecule has 0 heterocycles. The van der Waals surface area contributed by atoms with Crippen LogP contribution in [0, 0.1) is 11.3 Å². The number of ketones is 1. The number of hydrogen-bond acceptors (Lipinski definition) is 3. The number of nitriles is 1. The van der Waals surface area contributed by atoms with Crippen LogP contribution in [-0.2, 0) is 9.53 Å². The molecule has 72 valence electrons. The molecule has 0 aliphatic carbocycles. The van der Waals surface area contributed by atoms with Crippen LogP contribution < -0.4 is 0 Å². The highest BCUT2D eigenvalue weighted by Gasteiger charge is 2.18. The maximum atomic E-state index is 11.4. The minimum atomic E-state index is -0.615. The summed E-state index contributed by atoms with van der Waals surface area (Å²) in [7, 11) is 1.47. The molecule has 1 aromatic rings. The van der Waals surface area contributed by atoms with E-state index in [9.17, 15) is 4.79 Å². The quantitative estimate of drug-likeness (QED) is 0.726. The van der Waals surface area contributed by atoms with Gasteiger partial charge in [-0.15, -0.1) is 0 Å². The summed E-state index contributed by atoms with van der Waals surface area (Å²) in [6.45, 7) is 0. The first-order valence-corrected chi connectivity index (χ1v) is 4.27. The van der Waals surface area contributed by atoms with Crippen molar-refractivity contribution in [2.75, 3.05) is 7.11 Å². The van der Waals surface area contributed by atoms with E-state index in [1.54, 1.807) is 0 Å². The molecule has 14 heavy (non-hydrogen) atoms. The number of methoxy groups -OCH3 is 1. The predicted molar refractivity (Wildman–Crippen MR) is 51.4 cm³/mol. The van der Waals surface area contributed by atoms with Crippen LogP contribution >= 0.6 is 0 Å². The molecule has 3 heteroatoms. The van der Waals surface area contributed by atoms with Crippen molar-refractivity contribution in [1.82, 2.24) is 0 Å². The molecular formula is C11H11NO2. The van der Waals surface area contributed by atoms with E-state index in [-0.39, 0.29) is 12.2 Å². The third-order valence-electron chi connectivity index (χ3n) is 1.88. The highest BCUT2D eigenvalue weighted by molar-refractivity contribution is 5.86. The zero-order valence-corrected chi connectivity index (χ0v) is 7.93. The Labute approximate surface area is 82.9 Å². The van der Waals surface area contributed by atoms with Gasteiger partial charge < -0.3 is 4.74 Å². The van der Waals surface area contributed by atoms with Gasteiger partial charge in [-0.25, -0.2) is 0 Å². The Morgan fingerprint density at radius 2 is 2.14 bits per heavy atom. The molecule has 0 aliphatic rings. The molecule has 0 saturated carbocycles. The third kappa shape index (κ3) is 2.41. The maximum absolute atomic E-state index is 11.4. The average molecular weight is 189 g/mol. The van der Waals surface area contributed by atoms with Gasteiger partial charge in [-0.3, -0.25) is 4.79 Å². The second-order valence-electron chi connectivity index (χ2n) is 2.83. The second kappa shape index (κ2) is 5.15. The van der Waals surface area contributed by atoms with Gasteiger partial charge in [-0.1, -0.05) is 30.3 Å². The van der Waals surface area contributed by atoms with Crippen molar-refractivity contribution < 1.29 is 9.53 Å². The Hall–Kier alpha value is -1.66. The van der Waals surface area contributed by atoms with Gasteiger partial charge in [0.2, 0.25) is 0 Å². The normalized spacial score (nSPS) is 11.7. The van der Waals surface area contributed by atoms with E-state index in [0.29, 0.717) is 0 Å². The monoisotopic (exact) mass is 189 g/mol. The summed E-state index contributed by atoms with van der Waals surface area (Å²) >= 11 is 0. The Morgan fingerprint density at radius 3 is 2.64 bits per heavy atom. The SMILES string of the molecule is COC(C(=O)CC#N)c1ccccc1. The van der Waals surface area contributed by atoms with Gasteiger partial charge in [0.25, 0.3) is 0 Å². The fourth-order valence-electron chi connectivity index (χ4n) is 1.25. The Bertz CT molecular complexity index is 340. The van der Waals surface area contributed by atoms with E-state index in [1.807, 2.05) is 36.4 Å². The smallest absolute Gasteiger partial charge is 0.180 e. The van der Waals surface area contributed by atoms with E-state index in [4.69, 9.17) is 10.00 Å². The van der Waals surface area contributed by atoms with Gasteiger partial charge in [0.05, 0.1) is 12.5 Å². The number of rotatable bonds is 4.